The van der Waals surface area contributed by atoms with E-state index >= 15 is 0 Å². The van der Waals surface area contributed by atoms with Gasteiger partial charge in [0.25, 0.3) is 5.91 Å². The van der Waals surface area contributed by atoms with Crippen LogP contribution in [-0.2, 0) is 4.79 Å². The monoisotopic (exact) mass is 317 g/mol. The molecule has 0 saturated heterocycles. The van der Waals surface area contributed by atoms with Crippen molar-refractivity contribution in [3.8, 4) is 0 Å². The van der Waals surface area contributed by atoms with Crippen molar-refractivity contribution in [2.45, 2.75) is 26.7 Å². The number of carboxylic acids is 1. The molecule has 6 nitrogen and oxygen atoms in total. The molecule has 1 amide bonds. The Kier molecular flexibility index (Phi) is 4.83. The molecule has 0 spiro atoms. The van der Waals surface area contributed by atoms with Crippen LogP contribution >= 0.6 is 0 Å². The van der Waals surface area contributed by atoms with Gasteiger partial charge in [-0.3, -0.25) is 9.59 Å². The minimum absolute atomic E-state index is 0.0412. The number of carboxylic acid groups (broad SMARTS) is 1. The van der Waals surface area contributed by atoms with Crippen molar-refractivity contribution in [2.24, 2.45) is 5.41 Å². The summed E-state index contributed by atoms with van der Waals surface area (Å²) in [6.45, 7) is 3.47. The number of hydrogen-bond donors (Lipinski definition) is 2. The van der Waals surface area contributed by atoms with Gasteiger partial charge in [-0.25, -0.2) is 4.79 Å². The second-order valence-corrected chi connectivity index (χ2v) is 5.46. The van der Waals surface area contributed by atoms with E-state index in [0.717, 1.165) is 0 Å². The Bertz CT molecular complexity index is 789. The lowest BCUT2D eigenvalue weighted by molar-refractivity contribution is -0.149. The van der Waals surface area contributed by atoms with E-state index in [-0.39, 0.29) is 12.1 Å². The maximum Gasteiger partial charge on any atom is 0.349 e. The summed E-state index contributed by atoms with van der Waals surface area (Å²) < 4.78 is 5.11. The molecule has 2 rings (SSSR count). The Balaban J connectivity index is 2.26. The van der Waals surface area contributed by atoms with Crippen LogP contribution in [0.25, 0.3) is 11.0 Å². The topological polar surface area (TPSA) is 96.6 Å². The molecule has 0 aliphatic rings. The van der Waals surface area contributed by atoms with Gasteiger partial charge in [0, 0.05) is 11.9 Å². The molecule has 1 aromatic heterocycles. The molecule has 0 aliphatic heterocycles. The number of fused-ring (bicyclic) bond motifs is 1. The summed E-state index contributed by atoms with van der Waals surface area (Å²) in [4.78, 5) is 35.6. The minimum Gasteiger partial charge on any atom is -0.481 e. The van der Waals surface area contributed by atoms with Crippen molar-refractivity contribution in [1.29, 1.82) is 0 Å². The third-order valence-electron chi connectivity index (χ3n) is 4.28. The predicted molar refractivity (Wildman–Crippen MR) is 85.5 cm³/mol. The van der Waals surface area contributed by atoms with E-state index in [1.807, 2.05) is 0 Å². The lowest BCUT2D eigenvalue weighted by Crippen LogP contribution is -2.43. The number of carbonyl (C=O) groups excluding carboxylic acids is 1. The fourth-order valence-electron chi connectivity index (χ4n) is 2.44. The molecule has 2 N–H and O–H groups in total. The molecular formula is C17H19NO5. The maximum absolute atomic E-state index is 12.2. The molecule has 0 aliphatic carbocycles. The van der Waals surface area contributed by atoms with Gasteiger partial charge in [-0.05, 0) is 25.0 Å². The first kappa shape index (κ1) is 16.7. The van der Waals surface area contributed by atoms with Gasteiger partial charge in [0.15, 0.2) is 0 Å². The highest BCUT2D eigenvalue weighted by Gasteiger charge is 2.35. The second kappa shape index (κ2) is 6.64. The van der Waals surface area contributed by atoms with Gasteiger partial charge in [0.1, 0.15) is 11.1 Å². The molecule has 1 aromatic carbocycles. The van der Waals surface area contributed by atoms with Gasteiger partial charge in [-0.15, -0.1) is 0 Å². The molecule has 6 heteroatoms. The zero-order valence-corrected chi connectivity index (χ0v) is 13.1. The predicted octanol–water partition coefficient (Wildman–Crippen LogP) is 2.41. The molecule has 0 fully saturated rings. The summed E-state index contributed by atoms with van der Waals surface area (Å²) in [6, 6.07) is 8.33. The summed E-state index contributed by atoms with van der Waals surface area (Å²) in [5.74, 6) is -1.59. The van der Waals surface area contributed by atoms with Crippen LogP contribution in [0.4, 0.5) is 0 Å². The Labute approximate surface area is 133 Å². The van der Waals surface area contributed by atoms with E-state index in [1.54, 1.807) is 38.1 Å². The summed E-state index contributed by atoms with van der Waals surface area (Å²) in [6.07, 6.45) is 0.761. The molecule has 0 unspecified atom stereocenters. The Morgan fingerprint density at radius 3 is 2.48 bits per heavy atom. The normalized spacial score (nSPS) is 11.4. The molecule has 0 radical (unpaired) electrons. The van der Waals surface area contributed by atoms with Gasteiger partial charge in [-0.1, -0.05) is 32.0 Å². The zero-order chi connectivity index (χ0) is 17.0. The van der Waals surface area contributed by atoms with Gasteiger partial charge in [0.05, 0.1) is 5.41 Å². The SMILES string of the molecule is CCC(CC)(CNC(=O)c1cc2ccccc2oc1=O)C(=O)O. The average Bonchev–Trinajstić information content (AvgIpc) is 2.55. The zero-order valence-electron chi connectivity index (χ0n) is 13.1. The number of hydrogen-bond acceptors (Lipinski definition) is 4. The largest absolute Gasteiger partial charge is 0.481 e. The summed E-state index contributed by atoms with van der Waals surface area (Å²) >= 11 is 0. The van der Waals surface area contributed by atoms with E-state index in [0.29, 0.717) is 23.8 Å². The molecule has 23 heavy (non-hydrogen) atoms. The maximum atomic E-state index is 12.2. The first-order chi connectivity index (χ1) is 10.9. The Hall–Kier alpha value is -2.63. The lowest BCUT2D eigenvalue weighted by atomic mass is 9.82. The van der Waals surface area contributed by atoms with E-state index in [4.69, 9.17) is 4.42 Å². The highest BCUT2D eigenvalue weighted by Crippen LogP contribution is 2.25. The van der Waals surface area contributed by atoms with Crippen molar-refractivity contribution in [2.75, 3.05) is 6.54 Å². The number of carbonyl (C=O) groups is 2. The summed E-state index contributed by atoms with van der Waals surface area (Å²) in [5.41, 5.74) is -1.51. The smallest absolute Gasteiger partial charge is 0.349 e. The molecule has 0 saturated carbocycles. The third kappa shape index (κ3) is 3.26. The molecule has 122 valence electrons. The van der Waals surface area contributed by atoms with Crippen LogP contribution in [0.15, 0.2) is 39.5 Å². The van der Waals surface area contributed by atoms with Crippen LogP contribution in [-0.4, -0.2) is 23.5 Å². The highest BCUT2D eigenvalue weighted by molar-refractivity contribution is 5.96. The van der Waals surface area contributed by atoms with Crippen molar-refractivity contribution < 1.29 is 19.1 Å². The quantitative estimate of drug-likeness (QED) is 0.798. The van der Waals surface area contributed by atoms with Crippen molar-refractivity contribution in [3.63, 3.8) is 0 Å². The molecule has 1 heterocycles. The van der Waals surface area contributed by atoms with Crippen molar-refractivity contribution >= 4 is 22.8 Å². The standard InChI is InChI=1S/C17H19NO5/c1-3-17(4-2,16(21)22)10-18-14(19)12-9-11-7-5-6-8-13(11)23-15(12)20/h5-9H,3-4,10H2,1-2H3,(H,18,19)(H,21,22). The number of rotatable bonds is 6. The molecule has 2 aromatic rings. The number of aliphatic carboxylic acids is 1. The van der Waals surface area contributed by atoms with Gasteiger partial charge in [0.2, 0.25) is 0 Å². The van der Waals surface area contributed by atoms with Crippen LogP contribution in [0.1, 0.15) is 37.0 Å². The number of amides is 1. The minimum atomic E-state index is -1.04. The first-order valence-electron chi connectivity index (χ1n) is 7.48. The van der Waals surface area contributed by atoms with Crippen LogP contribution in [0.2, 0.25) is 0 Å². The molecule has 0 bridgehead atoms. The van der Waals surface area contributed by atoms with Crippen LogP contribution < -0.4 is 10.9 Å². The van der Waals surface area contributed by atoms with Crippen LogP contribution in [0, 0.1) is 5.41 Å². The number of benzene rings is 1. The van der Waals surface area contributed by atoms with Crippen LogP contribution in [0.3, 0.4) is 0 Å². The van der Waals surface area contributed by atoms with Crippen molar-refractivity contribution in [3.05, 3.63) is 46.3 Å². The third-order valence-corrected chi connectivity index (χ3v) is 4.28. The van der Waals surface area contributed by atoms with Crippen LogP contribution in [0.5, 0.6) is 0 Å². The average molecular weight is 317 g/mol. The van der Waals surface area contributed by atoms with Gasteiger partial charge < -0.3 is 14.8 Å². The Morgan fingerprint density at radius 1 is 1.22 bits per heavy atom. The second-order valence-electron chi connectivity index (χ2n) is 5.46. The summed E-state index contributed by atoms with van der Waals surface area (Å²) in [5, 5.41) is 12.6. The van der Waals surface area contributed by atoms with E-state index in [2.05, 4.69) is 5.32 Å². The van der Waals surface area contributed by atoms with Gasteiger partial charge in [-0.2, -0.15) is 0 Å². The van der Waals surface area contributed by atoms with E-state index < -0.39 is 22.9 Å². The number of para-hydroxylation sites is 1. The van der Waals surface area contributed by atoms with E-state index in [1.165, 1.54) is 6.07 Å². The lowest BCUT2D eigenvalue weighted by Gasteiger charge is -2.26. The number of nitrogens with one attached hydrogen (secondary N) is 1. The molecule has 0 atom stereocenters. The fraction of sp³-hybridized carbons (Fsp3) is 0.353. The highest BCUT2D eigenvalue weighted by atomic mass is 16.4. The van der Waals surface area contributed by atoms with E-state index in [9.17, 15) is 19.5 Å². The van der Waals surface area contributed by atoms with Crippen molar-refractivity contribution in [1.82, 2.24) is 5.32 Å². The molecular weight excluding hydrogens is 298 g/mol. The summed E-state index contributed by atoms with van der Waals surface area (Å²) in [7, 11) is 0. The Morgan fingerprint density at radius 2 is 1.87 bits per heavy atom. The van der Waals surface area contributed by atoms with Gasteiger partial charge >= 0.3 is 11.6 Å². The first-order valence-corrected chi connectivity index (χ1v) is 7.48. The fourth-order valence-corrected chi connectivity index (χ4v) is 2.44.